The summed E-state index contributed by atoms with van der Waals surface area (Å²) in [4.78, 5) is 21.8. The minimum atomic E-state index is -1.11. The summed E-state index contributed by atoms with van der Waals surface area (Å²) in [5.74, 6) is -1.56. The third kappa shape index (κ3) is 4.39. The summed E-state index contributed by atoms with van der Waals surface area (Å²) >= 11 is 0. The zero-order chi connectivity index (χ0) is 14.6. The zero-order valence-corrected chi connectivity index (χ0v) is 11.9. The summed E-state index contributed by atoms with van der Waals surface area (Å²) in [7, 11) is 0. The van der Waals surface area contributed by atoms with Crippen LogP contribution in [0.1, 0.15) is 37.0 Å². The van der Waals surface area contributed by atoms with Gasteiger partial charge >= 0.3 is 5.97 Å². The molecule has 4 heteroatoms. The van der Waals surface area contributed by atoms with Crippen LogP contribution in [-0.4, -0.2) is 23.5 Å². The first-order valence-electron chi connectivity index (χ1n) is 6.28. The standard InChI is InChI=1S/C15H21NO3/c1-10-5-6-11(2)12(7-10)15(3,4)9-16-13(17)8-14(18)19/h5-7H,8-9H2,1-4H3,(H,16,17)(H,18,19). The number of aliphatic carboxylic acids is 1. The van der Waals surface area contributed by atoms with Gasteiger partial charge in [0.15, 0.2) is 0 Å². The number of carbonyl (C=O) groups is 2. The minimum Gasteiger partial charge on any atom is -0.481 e. The molecule has 0 saturated carbocycles. The van der Waals surface area contributed by atoms with Crippen molar-refractivity contribution in [3.8, 4) is 0 Å². The van der Waals surface area contributed by atoms with Crippen LogP contribution in [0, 0.1) is 13.8 Å². The lowest BCUT2D eigenvalue weighted by atomic mass is 9.81. The molecule has 1 rings (SSSR count). The van der Waals surface area contributed by atoms with E-state index in [2.05, 4.69) is 23.5 Å². The van der Waals surface area contributed by atoms with Crippen LogP contribution >= 0.6 is 0 Å². The van der Waals surface area contributed by atoms with Gasteiger partial charge in [-0.15, -0.1) is 0 Å². The molecule has 19 heavy (non-hydrogen) atoms. The predicted octanol–water partition coefficient (Wildman–Crippen LogP) is 2.17. The maximum atomic E-state index is 11.4. The second-order valence-electron chi connectivity index (χ2n) is 5.55. The Hall–Kier alpha value is -1.84. The van der Waals surface area contributed by atoms with E-state index >= 15 is 0 Å². The third-order valence-corrected chi connectivity index (χ3v) is 3.16. The molecule has 1 aromatic rings. The van der Waals surface area contributed by atoms with E-state index in [-0.39, 0.29) is 5.41 Å². The Bertz CT molecular complexity index is 492. The van der Waals surface area contributed by atoms with Crippen LogP contribution in [0.2, 0.25) is 0 Å². The first kappa shape index (κ1) is 15.2. The van der Waals surface area contributed by atoms with Gasteiger partial charge in [0.25, 0.3) is 0 Å². The van der Waals surface area contributed by atoms with Gasteiger partial charge in [-0.05, 0) is 25.0 Å². The molecule has 1 aromatic carbocycles. The number of hydrogen-bond acceptors (Lipinski definition) is 2. The molecule has 0 radical (unpaired) electrons. The average Bonchev–Trinajstić information content (AvgIpc) is 2.29. The van der Waals surface area contributed by atoms with Gasteiger partial charge in [0.1, 0.15) is 6.42 Å². The highest BCUT2D eigenvalue weighted by Gasteiger charge is 2.23. The molecule has 0 fully saturated rings. The summed E-state index contributed by atoms with van der Waals surface area (Å²) < 4.78 is 0. The lowest BCUT2D eigenvalue weighted by Gasteiger charge is -2.27. The van der Waals surface area contributed by atoms with E-state index in [4.69, 9.17) is 5.11 Å². The summed E-state index contributed by atoms with van der Waals surface area (Å²) in [5.41, 5.74) is 3.28. The van der Waals surface area contributed by atoms with Crippen molar-refractivity contribution in [2.75, 3.05) is 6.54 Å². The number of rotatable bonds is 5. The van der Waals surface area contributed by atoms with Crippen LogP contribution in [0.3, 0.4) is 0 Å². The van der Waals surface area contributed by atoms with Gasteiger partial charge in [-0.2, -0.15) is 0 Å². The molecular weight excluding hydrogens is 242 g/mol. The number of benzene rings is 1. The molecule has 0 atom stereocenters. The molecule has 0 saturated heterocycles. The van der Waals surface area contributed by atoms with Crippen LogP contribution in [0.5, 0.6) is 0 Å². The summed E-state index contributed by atoms with van der Waals surface area (Å²) in [5, 5.41) is 11.2. The van der Waals surface area contributed by atoms with E-state index in [0.717, 1.165) is 0 Å². The Morgan fingerprint density at radius 1 is 1.26 bits per heavy atom. The van der Waals surface area contributed by atoms with Crippen molar-refractivity contribution in [3.05, 3.63) is 34.9 Å². The van der Waals surface area contributed by atoms with E-state index in [0.29, 0.717) is 6.54 Å². The Kier molecular flexibility index (Phi) is 4.70. The maximum absolute atomic E-state index is 11.4. The highest BCUT2D eigenvalue weighted by molar-refractivity contribution is 5.93. The third-order valence-electron chi connectivity index (χ3n) is 3.16. The summed E-state index contributed by atoms with van der Waals surface area (Å²) in [6, 6.07) is 6.22. The summed E-state index contributed by atoms with van der Waals surface area (Å²) in [6.07, 6.45) is -0.483. The normalized spacial score (nSPS) is 11.2. The Morgan fingerprint density at radius 3 is 2.47 bits per heavy atom. The Balaban J connectivity index is 2.78. The van der Waals surface area contributed by atoms with Gasteiger partial charge in [-0.1, -0.05) is 37.6 Å². The van der Waals surface area contributed by atoms with E-state index in [1.165, 1.54) is 16.7 Å². The quantitative estimate of drug-likeness (QED) is 0.800. The molecule has 0 aliphatic carbocycles. The van der Waals surface area contributed by atoms with Gasteiger partial charge in [0, 0.05) is 12.0 Å². The Labute approximate surface area is 113 Å². The maximum Gasteiger partial charge on any atom is 0.312 e. The average molecular weight is 263 g/mol. The number of carbonyl (C=O) groups excluding carboxylic acids is 1. The van der Waals surface area contributed by atoms with Crippen molar-refractivity contribution in [2.24, 2.45) is 0 Å². The highest BCUT2D eigenvalue weighted by Crippen LogP contribution is 2.26. The molecule has 0 spiro atoms. The molecule has 0 aromatic heterocycles. The smallest absolute Gasteiger partial charge is 0.312 e. The number of hydrogen-bond donors (Lipinski definition) is 2. The highest BCUT2D eigenvalue weighted by atomic mass is 16.4. The lowest BCUT2D eigenvalue weighted by molar-refractivity contribution is -0.140. The molecule has 4 nitrogen and oxygen atoms in total. The fraction of sp³-hybridized carbons (Fsp3) is 0.467. The van der Waals surface area contributed by atoms with Crippen molar-refractivity contribution in [3.63, 3.8) is 0 Å². The molecule has 1 amide bonds. The van der Waals surface area contributed by atoms with Crippen LogP contribution < -0.4 is 5.32 Å². The monoisotopic (exact) mass is 263 g/mol. The number of carboxylic acid groups (broad SMARTS) is 1. The topological polar surface area (TPSA) is 66.4 Å². The van der Waals surface area contributed by atoms with Crippen molar-refractivity contribution < 1.29 is 14.7 Å². The fourth-order valence-electron chi connectivity index (χ4n) is 2.08. The van der Waals surface area contributed by atoms with Crippen molar-refractivity contribution in [2.45, 2.75) is 39.5 Å². The van der Waals surface area contributed by atoms with Gasteiger partial charge in [-0.3, -0.25) is 9.59 Å². The number of aryl methyl sites for hydroxylation is 2. The van der Waals surface area contributed by atoms with Gasteiger partial charge < -0.3 is 10.4 Å². The van der Waals surface area contributed by atoms with Crippen LogP contribution in [-0.2, 0) is 15.0 Å². The van der Waals surface area contributed by atoms with Gasteiger partial charge in [-0.25, -0.2) is 0 Å². The number of nitrogens with one attached hydrogen (secondary N) is 1. The van der Waals surface area contributed by atoms with E-state index < -0.39 is 18.3 Å². The van der Waals surface area contributed by atoms with Crippen LogP contribution in [0.15, 0.2) is 18.2 Å². The molecule has 2 N–H and O–H groups in total. The largest absolute Gasteiger partial charge is 0.481 e. The van der Waals surface area contributed by atoms with E-state index in [9.17, 15) is 9.59 Å². The first-order chi connectivity index (χ1) is 8.72. The Morgan fingerprint density at radius 2 is 1.89 bits per heavy atom. The zero-order valence-electron chi connectivity index (χ0n) is 11.9. The second kappa shape index (κ2) is 5.87. The summed E-state index contributed by atoms with van der Waals surface area (Å²) in [6.45, 7) is 8.56. The SMILES string of the molecule is Cc1ccc(C)c(C(C)(C)CNC(=O)CC(=O)O)c1. The van der Waals surface area contributed by atoms with Gasteiger partial charge in [0.05, 0.1) is 0 Å². The molecule has 0 heterocycles. The van der Waals surface area contributed by atoms with Crippen molar-refractivity contribution in [1.82, 2.24) is 5.32 Å². The fourth-order valence-corrected chi connectivity index (χ4v) is 2.08. The van der Waals surface area contributed by atoms with E-state index in [1.807, 2.05) is 27.7 Å². The second-order valence-corrected chi connectivity index (χ2v) is 5.55. The first-order valence-corrected chi connectivity index (χ1v) is 6.28. The van der Waals surface area contributed by atoms with Crippen LogP contribution in [0.25, 0.3) is 0 Å². The van der Waals surface area contributed by atoms with Crippen molar-refractivity contribution in [1.29, 1.82) is 0 Å². The van der Waals surface area contributed by atoms with Gasteiger partial charge in [0.2, 0.25) is 5.91 Å². The van der Waals surface area contributed by atoms with Crippen molar-refractivity contribution >= 4 is 11.9 Å². The number of carboxylic acids is 1. The number of amides is 1. The molecule has 0 bridgehead atoms. The minimum absolute atomic E-state index is 0.232. The van der Waals surface area contributed by atoms with E-state index in [1.54, 1.807) is 0 Å². The predicted molar refractivity (Wildman–Crippen MR) is 74.2 cm³/mol. The lowest BCUT2D eigenvalue weighted by Crippen LogP contribution is -2.37. The molecular formula is C15H21NO3. The molecule has 0 unspecified atom stereocenters. The van der Waals surface area contributed by atoms with Crippen LogP contribution in [0.4, 0.5) is 0 Å². The molecule has 104 valence electrons. The molecule has 0 aliphatic rings. The molecule has 0 aliphatic heterocycles.